The van der Waals surface area contributed by atoms with Gasteiger partial charge in [0.05, 0.1) is 18.3 Å². The van der Waals surface area contributed by atoms with Crippen LogP contribution in [0.4, 0.5) is 0 Å². The number of hydrogen-bond acceptors (Lipinski definition) is 6. The smallest absolute Gasteiger partial charge is 0.302 e. The Hall–Kier alpha value is -1.21. The first-order valence-electron chi connectivity index (χ1n) is 11.0. The predicted molar refractivity (Wildman–Crippen MR) is 118 cm³/mol. The van der Waals surface area contributed by atoms with Crippen LogP contribution in [-0.4, -0.2) is 56.0 Å². The molecule has 0 aliphatic carbocycles. The number of hydrogen-bond donors (Lipinski definition) is 1. The molecule has 30 heavy (non-hydrogen) atoms. The summed E-state index contributed by atoms with van der Waals surface area (Å²) in [6, 6.07) is 0. The van der Waals surface area contributed by atoms with Crippen molar-refractivity contribution in [2.45, 2.75) is 90.6 Å². The van der Waals surface area contributed by atoms with Crippen LogP contribution in [0.3, 0.4) is 0 Å². The molecule has 0 saturated carbocycles. The van der Waals surface area contributed by atoms with Crippen LogP contribution in [-0.2, 0) is 23.7 Å². The summed E-state index contributed by atoms with van der Waals surface area (Å²) in [5.41, 5.74) is 1.70. The van der Waals surface area contributed by atoms with Crippen molar-refractivity contribution < 1.29 is 28.8 Å². The highest BCUT2D eigenvalue weighted by molar-refractivity contribution is 5.66. The number of carbonyl (C=O) groups is 1. The van der Waals surface area contributed by atoms with Gasteiger partial charge in [0, 0.05) is 33.5 Å². The number of aliphatic hydroxyl groups excluding tert-OH is 1. The maximum Gasteiger partial charge on any atom is 0.302 e. The normalized spacial score (nSPS) is 24.9. The monoisotopic (exact) mass is 426 g/mol. The van der Waals surface area contributed by atoms with Crippen molar-refractivity contribution in [1.29, 1.82) is 0 Å². The van der Waals surface area contributed by atoms with Gasteiger partial charge in [-0.15, -0.1) is 0 Å². The second kappa shape index (κ2) is 12.6. The average Bonchev–Trinajstić information content (AvgIpc) is 2.82. The fraction of sp³-hybridized carbons (Fsp3) is 0.792. The summed E-state index contributed by atoms with van der Waals surface area (Å²) in [5.74, 6) is -0.754. The third kappa shape index (κ3) is 8.14. The second-order valence-corrected chi connectivity index (χ2v) is 8.82. The molecule has 0 aromatic rings. The number of esters is 1. The first-order valence-corrected chi connectivity index (χ1v) is 11.0. The van der Waals surface area contributed by atoms with E-state index in [9.17, 15) is 9.90 Å². The van der Waals surface area contributed by atoms with Crippen molar-refractivity contribution in [2.24, 2.45) is 5.92 Å². The molecule has 1 rings (SSSR count). The Bertz CT molecular complexity index is 589. The van der Waals surface area contributed by atoms with Crippen LogP contribution in [0.1, 0.15) is 73.1 Å². The summed E-state index contributed by atoms with van der Waals surface area (Å²) < 4.78 is 22.7. The van der Waals surface area contributed by atoms with Gasteiger partial charge in [0.15, 0.2) is 5.79 Å². The molecule has 0 aromatic heterocycles. The molecule has 1 saturated heterocycles. The largest absolute Gasteiger partial charge is 0.462 e. The van der Waals surface area contributed by atoms with Crippen LogP contribution >= 0.6 is 0 Å². The minimum absolute atomic E-state index is 0.189. The minimum Gasteiger partial charge on any atom is -0.462 e. The van der Waals surface area contributed by atoms with E-state index >= 15 is 0 Å². The Morgan fingerprint density at radius 3 is 2.57 bits per heavy atom. The molecule has 1 N–H and O–H groups in total. The zero-order valence-electron chi connectivity index (χ0n) is 20.0. The van der Waals surface area contributed by atoms with E-state index in [0.29, 0.717) is 19.4 Å². The maximum atomic E-state index is 10.9. The van der Waals surface area contributed by atoms with Gasteiger partial charge < -0.3 is 24.1 Å². The zero-order chi connectivity index (χ0) is 22.8. The lowest BCUT2D eigenvalue weighted by Crippen LogP contribution is -2.42. The summed E-state index contributed by atoms with van der Waals surface area (Å²) in [6.07, 6.45) is 8.13. The van der Waals surface area contributed by atoms with Gasteiger partial charge in [0.2, 0.25) is 0 Å². The Kier molecular flexibility index (Phi) is 11.3. The van der Waals surface area contributed by atoms with Crippen molar-refractivity contribution >= 4 is 5.97 Å². The average molecular weight is 427 g/mol. The van der Waals surface area contributed by atoms with E-state index in [0.717, 1.165) is 31.3 Å². The Balaban J connectivity index is 2.66. The van der Waals surface area contributed by atoms with E-state index in [4.69, 9.17) is 18.9 Å². The van der Waals surface area contributed by atoms with Gasteiger partial charge in [-0.25, -0.2) is 0 Å². The summed E-state index contributed by atoms with van der Waals surface area (Å²) in [5, 5.41) is 10.7. The lowest BCUT2D eigenvalue weighted by Gasteiger charge is -2.37. The first-order chi connectivity index (χ1) is 14.1. The van der Waals surface area contributed by atoms with Gasteiger partial charge >= 0.3 is 5.97 Å². The van der Waals surface area contributed by atoms with E-state index in [1.165, 1.54) is 12.5 Å². The van der Waals surface area contributed by atoms with E-state index in [1.807, 2.05) is 13.0 Å². The third-order valence-electron chi connectivity index (χ3n) is 6.24. The molecule has 0 bridgehead atoms. The van der Waals surface area contributed by atoms with Gasteiger partial charge in [-0.1, -0.05) is 25.0 Å². The number of rotatable bonds is 11. The summed E-state index contributed by atoms with van der Waals surface area (Å²) in [7, 11) is 3.39. The lowest BCUT2D eigenvalue weighted by atomic mass is 9.85. The Morgan fingerprint density at radius 2 is 2.00 bits per heavy atom. The number of allylic oxidation sites excluding steroid dienone is 1. The van der Waals surface area contributed by atoms with Crippen molar-refractivity contribution in [3.05, 3.63) is 23.3 Å². The molecule has 174 valence electrons. The van der Waals surface area contributed by atoms with Crippen molar-refractivity contribution in [1.82, 2.24) is 0 Å². The van der Waals surface area contributed by atoms with Crippen LogP contribution in [0, 0.1) is 5.92 Å². The number of methoxy groups -OCH3 is 2. The molecule has 3 atom stereocenters. The van der Waals surface area contributed by atoms with Crippen LogP contribution in [0.5, 0.6) is 0 Å². The van der Waals surface area contributed by atoms with Crippen LogP contribution in [0.25, 0.3) is 0 Å². The molecule has 0 spiro atoms. The van der Waals surface area contributed by atoms with Crippen LogP contribution in [0.2, 0.25) is 0 Å². The molecular formula is C24H42O6. The van der Waals surface area contributed by atoms with Crippen LogP contribution < -0.4 is 0 Å². The quantitative estimate of drug-likeness (QED) is 0.297. The number of ether oxygens (including phenoxy) is 4. The highest BCUT2D eigenvalue weighted by Crippen LogP contribution is 2.35. The first kappa shape index (κ1) is 26.8. The highest BCUT2D eigenvalue weighted by atomic mass is 16.7. The Morgan fingerprint density at radius 1 is 1.33 bits per heavy atom. The molecule has 0 aromatic carbocycles. The Labute approximate surface area is 182 Å². The zero-order valence-corrected chi connectivity index (χ0v) is 20.0. The van der Waals surface area contributed by atoms with Gasteiger partial charge in [-0.2, -0.15) is 0 Å². The summed E-state index contributed by atoms with van der Waals surface area (Å²) in [4.78, 5) is 10.9. The molecule has 1 heterocycles. The molecule has 3 unspecified atom stereocenters. The molecule has 0 radical (unpaired) electrons. The van der Waals surface area contributed by atoms with Crippen molar-refractivity contribution in [3.8, 4) is 0 Å². The summed E-state index contributed by atoms with van der Waals surface area (Å²) in [6.45, 7) is 10.4. The van der Waals surface area contributed by atoms with Gasteiger partial charge in [0.25, 0.3) is 0 Å². The van der Waals surface area contributed by atoms with E-state index in [2.05, 4.69) is 26.8 Å². The predicted octanol–water partition coefficient (Wildman–Crippen LogP) is 4.56. The standard InChI is InChI=1S/C24H42O6/c1-18(2)12-15-24(27-6,28-7)19(3)9-8-14-23(5)22(26)11-10-21(17-30-23)13-16-29-20(4)25/h12-13,19,22,26H,8-11,14-17H2,1-7H3/b21-13+. The molecule has 1 aliphatic heterocycles. The molecule has 0 amide bonds. The molecule has 6 heteroatoms. The lowest BCUT2D eigenvalue weighted by molar-refractivity contribution is -0.236. The fourth-order valence-corrected chi connectivity index (χ4v) is 3.91. The van der Waals surface area contributed by atoms with Gasteiger partial charge in [-0.3, -0.25) is 4.79 Å². The summed E-state index contributed by atoms with van der Waals surface area (Å²) >= 11 is 0. The molecule has 6 nitrogen and oxygen atoms in total. The van der Waals surface area contributed by atoms with Gasteiger partial charge in [-0.05, 0) is 58.1 Å². The fourth-order valence-electron chi connectivity index (χ4n) is 3.91. The van der Waals surface area contributed by atoms with E-state index < -0.39 is 17.5 Å². The topological polar surface area (TPSA) is 74.2 Å². The number of carbonyl (C=O) groups excluding carboxylic acids is 1. The second-order valence-electron chi connectivity index (χ2n) is 8.82. The molecule has 1 fully saturated rings. The number of aliphatic hydroxyl groups is 1. The van der Waals surface area contributed by atoms with Crippen LogP contribution in [0.15, 0.2) is 23.3 Å². The maximum absolute atomic E-state index is 10.9. The third-order valence-corrected chi connectivity index (χ3v) is 6.24. The van der Waals surface area contributed by atoms with E-state index in [1.54, 1.807) is 14.2 Å². The van der Waals surface area contributed by atoms with Gasteiger partial charge in [0.1, 0.15) is 6.61 Å². The molecule has 1 aliphatic rings. The SMILES string of the molecule is COC(CC=C(C)C)(OC)C(C)CCCC1(C)OC/C(=C/COC(C)=O)CCC1O. The van der Waals surface area contributed by atoms with Crippen molar-refractivity contribution in [3.63, 3.8) is 0 Å². The highest BCUT2D eigenvalue weighted by Gasteiger charge is 2.38. The van der Waals surface area contributed by atoms with E-state index in [-0.39, 0.29) is 18.5 Å². The molecular weight excluding hydrogens is 384 g/mol. The minimum atomic E-state index is -0.645. The van der Waals surface area contributed by atoms with Crippen molar-refractivity contribution in [2.75, 3.05) is 27.4 Å².